The van der Waals surface area contributed by atoms with Gasteiger partial charge in [-0.15, -0.1) is 0 Å². The third-order valence-electron chi connectivity index (χ3n) is 6.09. The fourth-order valence-electron chi connectivity index (χ4n) is 4.29. The number of ether oxygens (including phenoxy) is 1. The van der Waals surface area contributed by atoms with E-state index < -0.39 is 15.8 Å². The van der Waals surface area contributed by atoms with Gasteiger partial charge in [-0.2, -0.15) is 10.4 Å². The van der Waals surface area contributed by atoms with Crippen molar-refractivity contribution in [2.45, 2.75) is 38.3 Å². The van der Waals surface area contributed by atoms with E-state index >= 15 is 0 Å². The minimum absolute atomic E-state index is 0.0503. The summed E-state index contributed by atoms with van der Waals surface area (Å²) in [5.74, 6) is 0.265. The van der Waals surface area contributed by atoms with Gasteiger partial charge in [-0.05, 0) is 31.0 Å². The van der Waals surface area contributed by atoms with Crippen molar-refractivity contribution in [1.82, 2.24) is 15.4 Å². The van der Waals surface area contributed by atoms with Crippen LogP contribution < -0.4 is 10.3 Å². The Bertz CT molecular complexity index is 1180. The smallest absolute Gasteiger partial charge is 0.147 e. The second-order valence-electron chi connectivity index (χ2n) is 8.62. The summed E-state index contributed by atoms with van der Waals surface area (Å²) in [5.41, 5.74) is 5.39. The van der Waals surface area contributed by atoms with E-state index in [9.17, 15) is 13.7 Å². The normalized spacial score (nSPS) is 24.3. The van der Waals surface area contributed by atoms with E-state index in [0.29, 0.717) is 25.3 Å². The van der Waals surface area contributed by atoms with Gasteiger partial charge >= 0.3 is 0 Å². The highest BCUT2D eigenvalue weighted by Crippen LogP contribution is 2.35. The molecule has 3 unspecified atom stereocenters. The first kappa shape index (κ1) is 22.4. The Balaban J connectivity index is 1.88. The second kappa shape index (κ2) is 9.00. The van der Waals surface area contributed by atoms with Crippen LogP contribution in [0, 0.1) is 17.2 Å². The summed E-state index contributed by atoms with van der Waals surface area (Å²) in [5, 5.41) is 15.0. The molecule has 1 N–H and O–H groups in total. The molecule has 4 heterocycles. The van der Waals surface area contributed by atoms with Crippen LogP contribution in [0.25, 0.3) is 10.9 Å². The van der Waals surface area contributed by atoms with Crippen molar-refractivity contribution in [1.29, 1.82) is 5.26 Å². The van der Waals surface area contributed by atoms with Crippen LogP contribution in [0.15, 0.2) is 23.4 Å². The molecule has 32 heavy (non-hydrogen) atoms. The Morgan fingerprint density at radius 3 is 2.88 bits per heavy atom. The van der Waals surface area contributed by atoms with Crippen LogP contribution in [-0.4, -0.2) is 62.4 Å². The largest absolute Gasteiger partial charge is 0.377 e. The molecule has 2 aromatic heterocycles. The summed E-state index contributed by atoms with van der Waals surface area (Å²) < 4.78 is 29.2. The highest BCUT2D eigenvalue weighted by molar-refractivity contribution is 7.90. The molecular weight excluding hydrogens is 428 g/mol. The van der Waals surface area contributed by atoms with Gasteiger partial charge in [0, 0.05) is 36.5 Å². The maximum atomic E-state index is 11.8. The average Bonchev–Trinajstić information content (AvgIpc) is 3.18. The zero-order valence-corrected chi connectivity index (χ0v) is 19.3. The molecule has 0 saturated carbocycles. The number of nitrogens with one attached hydrogen (secondary N) is 1. The number of aromatic nitrogens is 2. The molecule has 2 aromatic rings. The van der Waals surface area contributed by atoms with E-state index in [1.807, 2.05) is 18.3 Å². The van der Waals surface area contributed by atoms with Crippen LogP contribution >= 0.6 is 0 Å². The summed E-state index contributed by atoms with van der Waals surface area (Å²) in [7, 11) is -3.19. The number of sulfone groups is 1. The Kier molecular flexibility index (Phi) is 6.31. The average molecular weight is 457 g/mol. The van der Waals surface area contributed by atoms with E-state index in [4.69, 9.17) is 9.72 Å². The lowest BCUT2D eigenvalue weighted by molar-refractivity contribution is 0.0985. The molecule has 0 spiro atoms. The lowest BCUT2D eigenvalue weighted by atomic mass is 9.92. The van der Waals surface area contributed by atoms with Crippen LogP contribution in [0.2, 0.25) is 0 Å². The van der Waals surface area contributed by atoms with Crippen LogP contribution in [0.3, 0.4) is 0 Å². The standard InChI is InChI=1S/C22H28N6O3S/c1-14-12-25-27-20(14)22-21-17(4-6-24-22)18(16(11-23)5-9-32(3,29)30)10-19(26-21)28-7-8-31-13-15(28)2/h4,6,10,12,14-16,20,27H,5,7-9,13H2,1-3H3/t14?,15-,16?,20?/m1/s1. The molecule has 2 aliphatic rings. The van der Waals surface area contributed by atoms with Gasteiger partial charge in [0.2, 0.25) is 0 Å². The number of hydrazone groups is 1. The molecular formula is C22H28N6O3S. The fourth-order valence-corrected chi connectivity index (χ4v) is 4.95. The number of fused-ring (bicyclic) bond motifs is 1. The first-order chi connectivity index (χ1) is 15.3. The van der Waals surface area contributed by atoms with Crippen molar-refractivity contribution >= 4 is 32.8 Å². The summed E-state index contributed by atoms with van der Waals surface area (Å²) >= 11 is 0. The van der Waals surface area contributed by atoms with Gasteiger partial charge in [0.1, 0.15) is 15.7 Å². The molecule has 9 nitrogen and oxygen atoms in total. The Morgan fingerprint density at radius 2 is 2.22 bits per heavy atom. The number of pyridine rings is 2. The van der Waals surface area contributed by atoms with Crippen molar-refractivity contribution in [3.63, 3.8) is 0 Å². The zero-order valence-electron chi connectivity index (χ0n) is 18.5. The minimum Gasteiger partial charge on any atom is -0.377 e. The van der Waals surface area contributed by atoms with E-state index in [1.165, 1.54) is 6.26 Å². The molecule has 10 heteroatoms. The van der Waals surface area contributed by atoms with Crippen LogP contribution in [0.4, 0.5) is 5.82 Å². The Morgan fingerprint density at radius 1 is 1.41 bits per heavy atom. The van der Waals surface area contributed by atoms with Crippen molar-refractivity contribution in [3.05, 3.63) is 29.6 Å². The van der Waals surface area contributed by atoms with E-state index in [1.54, 1.807) is 6.20 Å². The maximum Gasteiger partial charge on any atom is 0.147 e. The molecule has 0 amide bonds. The van der Waals surface area contributed by atoms with Crippen molar-refractivity contribution in [2.75, 3.05) is 36.7 Å². The quantitative estimate of drug-likeness (QED) is 0.702. The number of morpholine rings is 1. The van der Waals surface area contributed by atoms with Crippen LogP contribution in [0.1, 0.15) is 43.5 Å². The molecule has 0 aromatic carbocycles. The molecule has 4 rings (SSSR count). The predicted molar refractivity (Wildman–Crippen MR) is 123 cm³/mol. The number of rotatable bonds is 6. The van der Waals surface area contributed by atoms with Crippen LogP contribution in [0.5, 0.6) is 0 Å². The zero-order chi connectivity index (χ0) is 22.9. The molecule has 1 fully saturated rings. The first-order valence-electron chi connectivity index (χ1n) is 10.8. The van der Waals surface area contributed by atoms with Crippen molar-refractivity contribution in [3.8, 4) is 6.07 Å². The predicted octanol–water partition coefficient (Wildman–Crippen LogP) is 2.16. The number of nitriles is 1. The van der Waals surface area contributed by atoms with Gasteiger partial charge < -0.3 is 15.1 Å². The summed E-state index contributed by atoms with van der Waals surface area (Å²) in [6.07, 6.45) is 5.00. The SMILES string of the molecule is CC1C=NNC1c1nccc2c(C(C#N)CCS(C)(=O)=O)cc(N3CCOC[C@H]3C)nc12. The second-order valence-corrected chi connectivity index (χ2v) is 10.9. The number of nitrogens with zero attached hydrogens (tertiary/aromatic N) is 5. The van der Waals surface area contributed by atoms with Crippen molar-refractivity contribution < 1.29 is 13.2 Å². The van der Waals surface area contributed by atoms with Crippen molar-refractivity contribution in [2.24, 2.45) is 11.0 Å². The highest BCUT2D eigenvalue weighted by Gasteiger charge is 2.29. The topological polar surface area (TPSA) is 121 Å². The third-order valence-corrected chi connectivity index (χ3v) is 7.07. The third kappa shape index (κ3) is 4.54. The Hall–Kier alpha value is -2.77. The molecule has 0 bridgehead atoms. The summed E-state index contributed by atoms with van der Waals surface area (Å²) in [4.78, 5) is 11.8. The number of hydrogen-bond acceptors (Lipinski definition) is 9. The van der Waals surface area contributed by atoms with Gasteiger partial charge in [0.05, 0.1) is 54.2 Å². The maximum absolute atomic E-state index is 11.8. The van der Waals surface area contributed by atoms with E-state index in [0.717, 1.165) is 22.5 Å². The van der Waals surface area contributed by atoms with E-state index in [-0.39, 0.29) is 30.2 Å². The van der Waals surface area contributed by atoms with Gasteiger partial charge in [-0.3, -0.25) is 4.98 Å². The highest BCUT2D eigenvalue weighted by atomic mass is 32.2. The molecule has 0 radical (unpaired) electrons. The summed E-state index contributed by atoms with van der Waals surface area (Å²) in [6, 6.07) is 6.13. The molecule has 4 atom stereocenters. The summed E-state index contributed by atoms with van der Waals surface area (Å²) in [6.45, 7) is 6.03. The van der Waals surface area contributed by atoms with Gasteiger partial charge in [0.15, 0.2) is 0 Å². The lowest BCUT2D eigenvalue weighted by Crippen LogP contribution is -2.44. The first-order valence-corrected chi connectivity index (χ1v) is 12.8. The number of anilines is 1. The minimum atomic E-state index is -3.19. The molecule has 0 aliphatic carbocycles. The molecule has 170 valence electrons. The lowest BCUT2D eigenvalue weighted by Gasteiger charge is -2.35. The molecule has 2 aliphatic heterocycles. The molecule has 1 saturated heterocycles. The number of hydrogen-bond donors (Lipinski definition) is 1. The van der Waals surface area contributed by atoms with Gasteiger partial charge in [-0.1, -0.05) is 6.92 Å². The monoisotopic (exact) mass is 456 g/mol. The Labute approximate surface area is 188 Å². The van der Waals surface area contributed by atoms with Crippen LogP contribution in [-0.2, 0) is 14.6 Å². The van der Waals surface area contributed by atoms with Gasteiger partial charge in [-0.25, -0.2) is 13.4 Å². The van der Waals surface area contributed by atoms with E-state index in [2.05, 4.69) is 40.3 Å². The fraction of sp³-hybridized carbons (Fsp3) is 0.545. The van der Waals surface area contributed by atoms with Gasteiger partial charge in [0.25, 0.3) is 0 Å².